The average molecular weight is 575 g/mol. The largest absolute Gasteiger partial charge is 0.341 e. The number of hydrogen-bond donors (Lipinski definition) is 2. The lowest BCUT2D eigenvalue weighted by atomic mass is 9.99. The monoisotopic (exact) mass is 574 g/mol. The van der Waals surface area contributed by atoms with Crippen molar-refractivity contribution in [2.75, 3.05) is 59.4 Å². The molecule has 9 heteroatoms. The van der Waals surface area contributed by atoms with Gasteiger partial charge in [0.2, 0.25) is 5.91 Å². The Bertz CT molecular complexity index is 987. The molecule has 1 aromatic carbocycles. The summed E-state index contributed by atoms with van der Waals surface area (Å²) in [6.45, 7) is 12.4. The third-order valence-electron chi connectivity index (χ3n) is 8.06. The number of hydrazine groups is 1. The second kappa shape index (κ2) is 14.9. The quantitative estimate of drug-likeness (QED) is 0.398. The molecule has 0 saturated carbocycles. The lowest BCUT2D eigenvalue weighted by Gasteiger charge is -2.47. The molecule has 3 N–H and O–H groups in total. The number of halogens is 1. The number of likely N-dealkylation sites (N-methyl/N-ethyl adjacent to an activating group) is 1. The minimum absolute atomic E-state index is 0.0210. The minimum atomic E-state index is -0.276. The first kappa shape index (κ1) is 30.4. The second-order valence-electron chi connectivity index (χ2n) is 11.6. The highest BCUT2D eigenvalue weighted by molar-refractivity contribution is 7.07. The van der Waals surface area contributed by atoms with Crippen molar-refractivity contribution in [2.24, 2.45) is 11.7 Å². The molecule has 3 heterocycles. The van der Waals surface area contributed by atoms with Crippen LogP contribution in [0.3, 0.4) is 0 Å². The van der Waals surface area contributed by atoms with Crippen LogP contribution in [-0.4, -0.2) is 97.2 Å². The predicted octanol–water partition coefficient (Wildman–Crippen LogP) is 4.10. The van der Waals surface area contributed by atoms with E-state index < -0.39 is 0 Å². The van der Waals surface area contributed by atoms with Crippen LogP contribution in [0.1, 0.15) is 50.3 Å². The summed E-state index contributed by atoms with van der Waals surface area (Å²) in [5.41, 5.74) is 8.68. The Morgan fingerprint density at radius 3 is 2.41 bits per heavy atom. The Balaban J connectivity index is 1.36. The van der Waals surface area contributed by atoms with Crippen molar-refractivity contribution in [1.82, 2.24) is 25.1 Å². The van der Waals surface area contributed by atoms with Gasteiger partial charge in [0.1, 0.15) is 0 Å². The number of rotatable bonds is 12. The van der Waals surface area contributed by atoms with E-state index in [4.69, 9.17) is 17.3 Å². The summed E-state index contributed by atoms with van der Waals surface area (Å²) in [6, 6.07) is 10.1. The number of amides is 1. The molecular formula is C30H47ClN6OS. The van der Waals surface area contributed by atoms with Gasteiger partial charge in [-0.3, -0.25) is 4.79 Å². The molecule has 2 unspecified atom stereocenters. The van der Waals surface area contributed by atoms with Crippen LogP contribution >= 0.6 is 22.9 Å². The molecule has 1 aromatic heterocycles. The molecule has 39 heavy (non-hydrogen) atoms. The van der Waals surface area contributed by atoms with Crippen molar-refractivity contribution in [3.8, 4) is 0 Å². The zero-order chi connectivity index (χ0) is 27.8. The van der Waals surface area contributed by atoms with Gasteiger partial charge in [-0.05, 0) is 85.3 Å². The highest BCUT2D eigenvalue weighted by Gasteiger charge is 2.33. The Kier molecular flexibility index (Phi) is 11.6. The summed E-state index contributed by atoms with van der Waals surface area (Å²) >= 11 is 7.79. The summed E-state index contributed by atoms with van der Waals surface area (Å²) < 4.78 is 0. The molecular weight excluding hydrogens is 528 g/mol. The van der Waals surface area contributed by atoms with Crippen molar-refractivity contribution in [3.63, 3.8) is 0 Å². The Hall–Kier alpha value is -1.52. The van der Waals surface area contributed by atoms with Crippen molar-refractivity contribution in [3.05, 3.63) is 57.2 Å². The average Bonchev–Trinajstić information content (AvgIpc) is 3.48. The van der Waals surface area contributed by atoms with E-state index in [1.54, 1.807) is 11.3 Å². The first-order valence-electron chi connectivity index (χ1n) is 14.5. The smallest absolute Gasteiger partial charge is 0.240 e. The topological polar surface area (TPSA) is 68.1 Å². The fraction of sp³-hybridized carbons (Fsp3) is 0.633. The SMILES string of the molecule is CC(C)CN(C1CCN(C(=O)C(Cc2ccc(Cl)cc2)NCCC(N)c2ccsc2)CC1)N1CCN(C)CC1. The molecule has 2 fully saturated rings. The molecule has 2 saturated heterocycles. The normalized spacial score (nSPS) is 19.6. The maximum absolute atomic E-state index is 13.8. The lowest BCUT2D eigenvalue weighted by molar-refractivity contribution is -0.138. The molecule has 2 atom stereocenters. The maximum atomic E-state index is 13.8. The second-order valence-corrected chi connectivity index (χ2v) is 12.8. The van der Waals surface area contributed by atoms with E-state index in [0.29, 0.717) is 29.9 Å². The first-order chi connectivity index (χ1) is 18.8. The number of nitrogens with one attached hydrogen (secondary N) is 1. The van der Waals surface area contributed by atoms with Crippen molar-refractivity contribution in [2.45, 2.75) is 57.7 Å². The molecule has 1 amide bonds. The number of piperidine rings is 1. The number of likely N-dealkylation sites (tertiary alicyclic amines) is 1. The van der Waals surface area contributed by atoms with Gasteiger partial charge >= 0.3 is 0 Å². The standard InChI is InChI=1S/C30H47ClN6OS/c1-23(2)21-37(36-17-15-34(3)16-18-36)27-9-13-35(14-10-27)30(38)29(20-24-4-6-26(31)7-5-24)33-12-8-28(32)25-11-19-39-22-25/h4-7,11,19,22-23,27-29,33H,8-10,12-18,20-21,32H2,1-3H3. The number of hydrogen-bond acceptors (Lipinski definition) is 7. The lowest BCUT2D eigenvalue weighted by Crippen LogP contribution is -2.59. The van der Waals surface area contributed by atoms with E-state index >= 15 is 0 Å². The summed E-state index contributed by atoms with van der Waals surface area (Å²) in [5.74, 6) is 0.806. The number of thiophene rings is 1. The molecule has 0 bridgehead atoms. The van der Waals surface area contributed by atoms with E-state index in [9.17, 15) is 4.79 Å². The van der Waals surface area contributed by atoms with Crippen LogP contribution in [0.2, 0.25) is 5.02 Å². The summed E-state index contributed by atoms with van der Waals surface area (Å²) in [4.78, 5) is 18.3. The zero-order valence-corrected chi connectivity index (χ0v) is 25.5. The van der Waals surface area contributed by atoms with E-state index in [0.717, 1.165) is 76.2 Å². The van der Waals surface area contributed by atoms with E-state index in [1.165, 1.54) is 0 Å². The van der Waals surface area contributed by atoms with Crippen LogP contribution < -0.4 is 11.1 Å². The number of nitrogens with zero attached hydrogens (tertiary/aromatic N) is 4. The Labute approximate surface area is 244 Å². The van der Waals surface area contributed by atoms with Crippen LogP contribution in [0, 0.1) is 5.92 Å². The van der Waals surface area contributed by atoms with Crippen molar-refractivity contribution in [1.29, 1.82) is 0 Å². The van der Waals surface area contributed by atoms with Gasteiger partial charge in [0.15, 0.2) is 0 Å². The van der Waals surface area contributed by atoms with Crippen LogP contribution in [0.5, 0.6) is 0 Å². The fourth-order valence-corrected chi connectivity index (χ4v) is 6.55. The van der Waals surface area contributed by atoms with Gasteiger partial charge in [-0.2, -0.15) is 11.3 Å². The van der Waals surface area contributed by atoms with Gasteiger partial charge in [0.25, 0.3) is 0 Å². The van der Waals surface area contributed by atoms with Crippen LogP contribution in [0.4, 0.5) is 0 Å². The van der Waals surface area contributed by atoms with Crippen LogP contribution in [0.15, 0.2) is 41.1 Å². The van der Waals surface area contributed by atoms with Crippen molar-refractivity contribution < 1.29 is 4.79 Å². The van der Waals surface area contributed by atoms with E-state index in [1.807, 2.05) is 24.3 Å². The number of carbonyl (C=O) groups excluding carboxylic acids is 1. The maximum Gasteiger partial charge on any atom is 0.240 e. The minimum Gasteiger partial charge on any atom is -0.341 e. The highest BCUT2D eigenvalue weighted by atomic mass is 35.5. The fourth-order valence-electron chi connectivity index (χ4n) is 5.70. The predicted molar refractivity (Wildman–Crippen MR) is 163 cm³/mol. The Morgan fingerprint density at radius 1 is 1.10 bits per heavy atom. The van der Waals surface area contributed by atoms with Gasteiger partial charge in [0.05, 0.1) is 6.04 Å². The van der Waals surface area contributed by atoms with Crippen LogP contribution in [-0.2, 0) is 11.2 Å². The van der Waals surface area contributed by atoms with Gasteiger partial charge < -0.3 is 20.9 Å². The molecule has 2 aromatic rings. The molecule has 7 nitrogen and oxygen atoms in total. The van der Waals surface area contributed by atoms with Gasteiger partial charge in [-0.15, -0.1) is 0 Å². The third kappa shape index (κ3) is 8.98. The Morgan fingerprint density at radius 2 is 1.79 bits per heavy atom. The number of benzene rings is 1. The first-order valence-corrected chi connectivity index (χ1v) is 15.9. The molecule has 2 aliphatic rings. The molecule has 0 spiro atoms. The van der Waals surface area contributed by atoms with Crippen molar-refractivity contribution >= 4 is 28.8 Å². The highest BCUT2D eigenvalue weighted by Crippen LogP contribution is 2.23. The third-order valence-corrected chi connectivity index (χ3v) is 9.01. The number of piperazine rings is 1. The summed E-state index contributed by atoms with van der Waals surface area (Å²) in [7, 11) is 2.21. The summed E-state index contributed by atoms with van der Waals surface area (Å²) in [5, 5.41) is 13.7. The van der Waals surface area contributed by atoms with E-state index in [-0.39, 0.29) is 18.0 Å². The van der Waals surface area contributed by atoms with Crippen LogP contribution in [0.25, 0.3) is 0 Å². The molecule has 216 valence electrons. The summed E-state index contributed by atoms with van der Waals surface area (Å²) in [6.07, 6.45) is 3.46. The van der Waals surface area contributed by atoms with Gasteiger partial charge in [0, 0.05) is 62.9 Å². The molecule has 2 aliphatic heterocycles. The van der Waals surface area contributed by atoms with E-state index in [2.05, 4.69) is 62.9 Å². The van der Waals surface area contributed by atoms with Gasteiger partial charge in [-0.1, -0.05) is 37.6 Å². The molecule has 0 aliphatic carbocycles. The van der Waals surface area contributed by atoms with Gasteiger partial charge in [-0.25, -0.2) is 10.0 Å². The number of carbonyl (C=O) groups is 1. The number of nitrogens with two attached hydrogens (primary N) is 1. The zero-order valence-electron chi connectivity index (χ0n) is 23.9. The molecule has 4 rings (SSSR count). The molecule has 0 radical (unpaired) electrons.